The average Bonchev–Trinajstić information content (AvgIpc) is 3.41. The van der Waals surface area contributed by atoms with Crippen LogP contribution in [0.2, 0.25) is 5.02 Å². The van der Waals surface area contributed by atoms with Crippen molar-refractivity contribution in [3.8, 4) is 11.8 Å². The number of carbonyl (C=O) groups excluding carboxylic acids is 1. The highest BCUT2D eigenvalue weighted by Gasteiger charge is 2.55. The minimum Gasteiger partial charge on any atom is -0.468 e. The number of nitrogens with zero attached hydrogens (tertiary/aromatic N) is 4. The molecule has 3 aromatic rings. The molecule has 16 heteroatoms. The molecule has 1 aromatic carbocycles. The van der Waals surface area contributed by atoms with E-state index in [0.717, 1.165) is 0 Å². The molecule has 14 nitrogen and oxygen atoms in total. The first kappa shape index (κ1) is 29.2. The maximum absolute atomic E-state index is 14.1. The van der Waals surface area contributed by atoms with E-state index in [1.54, 1.807) is 0 Å². The standard InChI is InChI=1S/C25H28ClN6O8P/c1-24(35)19(33)17(39-22(24)32-11-14(10-27)18-20(28)29-13-30-21(18)32)12-38-41(36,40-16-6-4-15(26)5-7-16)31-25(8-3-9-25)23(34)37-2/h4-7,11,13,17,19,22,33,35H,3,8-9,12H2,1-2H3,(H,31,36)(H2,28,29,30)/t17?,19-,22?,24-,41?/m1/s1. The molecule has 1 aliphatic heterocycles. The molecule has 3 unspecified atom stereocenters. The minimum atomic E-state index is -4.32. The van der Waals surface area contributed by atoms with Crippen LogP contribution in [0.25, 0.3) is 11.0 Å². The Kier molecular flexibility index (Phi) is 7.73. The van der Waals surface area contributed by atoms with Crippen LogP contribution in [0.4, 0.5) is 5.82 Å². The lowest BCUT2D eigenvalue weighted by Crippen LogP contribution is -2.57. The van der Waals surface area contributed by atoms with Crippen molar-refractivity contribution in [1.29, 1.82) is 5.26 Å². The number of fused-ring (bicyclic) bond motifs is 1. The molecule has 5 atom stereocenters. The number of ether oxygens (including phenoxy) is 2. The van der Waals surface area contributed by atoms with E-state index in [-0.39, 0.29) is 28.2 Å². The molecule has 0 amide bonds. The van der Waals surface area contributed by atoms with Crippen molar-refractivity contribution < 1.29 is 38.1 Å². The number of rotatable bonds is 9. The summed E-state index contributed by atoms with van der Waals surface area (Å²) in [6.07, 6.45) is -0.0777. The number of hydrogen-bond acceptors (Lipinski definition) is 12. The Morgan fingerprint density at radius 3 is 2.68 bits per heavy atom. The van der Waals surface area contributed by atoms with Crippen LogP contribution in [0.3, 0.4) is 0 Å². The highest BCUT2D eigenvalue weighted by Crippen LogP contribution is 2.51. The second-order valence-electron chi connectivity index (χ2n) is 10.1. The number of carbonyl (C=O) groups is 1. The van der Waals surface area contributed by atoms with Crippen molar-refractivity contribution in [1.82, 2.24) is 19.6 Å². The number of aromatic nitrogens is 3. The zero-order valence-corrected chi connectivity index (χ0v) is 23.7. The van der Waals surface area contributed by atoms with E-state index >= 15 is 0 Å². The molecule has 0 spiro atoms. The summed E-state index contributed by atoms with van der Waals surface area (Å²) in [4.78, 5) is 20.7. The van der Waals surface area contributed by atoms with Crippen LogP contribution in [0.5, 0.6) is 5.75 Å². The van der Waals surface area contributed by atoms with Gasteiger partial charge in [0.2, 0.25) is 0 Å². The number of nitrogens with two attached hydrogens (primary N) is 1. The first-order valence-corrected chi connectivity index (χ1v) is 14.5. The summed E-state index contributed by atoms with van der Waals surface area (Å²) in [6, 6.07) is 8.02. The molecule has 2 aliphatic rings. The second kappa shape index (κ2) is 10.8. The maximum atomic E-state index is 14.1. The van der Waals surface area contributed by atoms with E-state index < -0.39 is 49.9 Å². The van der Waals surface area contributed by atoms with Crippen LogP contribution in [-0.4, -0.2) is 67.8 Å². The molecule has 5 rings (SSSR count). The van der Waals surface area contributed by atoms with Crippen molar-refractivity contribution in [3.63, 3.8) is 0 Å². The lowest BCUT2D eigenvalue weighted by atomic mass is 9.78. The summed E-state index contributed by atoms with van der Waals surface area (Å²) < 4.78 is 37.8. The Labute approximate surface area is 239 Å². The second-order valence-corrected chi connectivity index (χ2v) is 12.2. The highest BCUT2D eigenvalue weighted by atomic mass is 35.5. The van der Waals surface area contributed by atoms with E-state index in [0.29, 0.717) is 24.3 Å². The molecular weight excluding hydrogens is 579 g/mol. The van der Waals surface area contributed by atoms with Gasteiger partial charge in [-0.1, -0.05) is 11.6 Å². The molecule has 218 valence electrons. The molecule has 3 heterocycles. The van der Waals surface area contributed by atoms with Crippen molar-refractivity contribution in [3.05, 3.63) is 47.4 Å². The Bertz CT molecular complexity index is 1550. The number of anilines is 1. The quantitative estimate of drug-likeness (QED) is 0.204. The molecule has 2 fully saturated rings. The van der Waals surface area contributed by atoms with Gasteiger partial charge in [-0.3, -0.25) is 9.32 Å². The molecule has 1 saturated carbocycles. The van der Waals surface area contributed by atoms with E-state index in [4.69, 9.17) is 35.9 Å². The number of benzene rings is 1. The van der Waals surface area contributed by atoms with Gasteiger partial charge in [-0.15, -0.1) is 0 Å². The first-order valence-electron chi connectivity index (χ1n) is 12.6. The Hall–Kier alpha value is -3.28. The van der Waals surface area contributed by atoms with Crippen LogP contribution in [-0.2, 0) is 23.4 Å². The number of methoxy groups -OCH3 is 1. The largest absolute Gasteiger partial charge is 0.468 e. The number of aliphatic hydroxyl groups is 2. The zero-order valence-electron chi connectivity index (χ0n) is 22.1. The third-order valence-electron chi connectivity index (χ3n) is 7.35. The molecule has 1 aliphatic carbocycles. The lowest BCUT2D eigenvalue weighted by Gasteiger charge is -2.41. The van der Waals surface area contributed by atoms with Gasteiger partial charge in [0.1, 0.15) is 53.0 Å². The normalized spacial score (nSPS) is 26.6. The highest BCUT2D eigenvalue weighted by molar-refractivity contribution is 7.52. The third-order valence-corrected chi connectivity index (χ3v) is 9.24. The van der Waals surface area contributed by atoms with Gasteiger partial charge in [0, 0.05) is 11.2 Å². The van der Waals surface area contributed by atoms with Crippen LogP contribution >= 0.6 is 19.3 Å². The van der Waals surface area contributed by atoms with Crippen LogP contribution in [0, 0.1) is 11.3 Å². The molecule has 2 aromatic heterocycles. The van der Waals surface area contributed by atoms with Gasteiger partial charge in [-0.05, 0) is 50.5 Å². The zero-order chi connectivity index (χ0) is 29.6. The fourth-order valence-corrected chi connectivity index (χ4v) is 6.86. The number of halogens is 1. The van der Waals surface area contributed by atoms with Gasteiger partial charge in [-0.2, -0.15) is 10.3 Å². The average molecular weight is 607 g/mol. The van der Waals surface area contributed by atoms with Gasteiger partial charge in [0.15, 0.2) is 6.23 Å². The number of aliphatic hydroxyl groups excluding tert-OH is 1. The molecule has 0 radical (unpaired) electrons. The lowest BCUT2D eigenvalue weighted by molar-refractivity contribution is -0.151. The molecular formula is C25H28ClN6O8P. The van der Waals surface area contributed by atoms with Gasteiger partial charge in [0.05, 0.1) is 24.7 Å². The van der Waals surface area contributed by atoms with Gasteiger partial charge in [0.25, 0.3) is 0 Å². The third kappa shape index (κ3) is 5.26. The Morgan fingerprint density at radius 1 is 1.37 bits per heavy atom. The van der Waals surface area contributed by atoms with Crippen LogP contribution in [0.15, 0.2) is 36.8 Å². The van der Waals surface area contributed by atoms with Crippen LogP contribution < -0.4 is 15.3 Å². The van der Waals surface area contributed by atoms with E-state index in [1.807, 2.05) is 6.07 Å². The molecule has 0 bridgehead atoms. The van der Waals surface area contributed by atoms with Gasteiger partial charge >= 0.3 is 13.7 Å². The number of hydrogen-bond donors (Lipinski definition) is 4. The SMILES string of the molecule is COC(=O)C1(NP(=O)(OCC2OC(n3cc(C#N)c4c(N)ncnc43)[C@](C)(O)[C@@H]2O)Oc2ccc(Cl)cc2)CCC1. The number of nitrogens with one attached hydrogen (secondary N) is 1. The Morgan fingerprint density at radius 2 is 2.07 bits per heavy atom. The summed E-state index contributed by atoms with van der Waals surface area (Å²) >= 11 is 5.96. The molecule has 5 N–H and O–H groups in total. The summed E-state index contributed by atoms with van der Waals surface area (Å²) in [5.41, 5.74) is 3.09. The fraction of sp³-hybridized carbons (Fsp3) is 0.440. The maximum Gasteiger partial charge on any atom is 0.459 e. The van der Waals surface area contributed by atoms with Crippen molar-refractivity contribution in [2.45, 2.75) is 55.8 Å². The van der Waals surface area contributed by atoms with Crippen molar-refractivity contribution in [2.75, 3.05) is 19.5 Å². The smallest absolute Gasteiger partial charge is 0.459 e. The Balaban J connectivity index is 1.42. The molecule has 1 saturated heterocycles. The molecule has 41 heavy (non-hydrogen) atoms. The number of nitriles is 1. The van der Waals surface area contributed by atoms with Crippen molar-refractivity contribution in [2.24, 2.45) is 0 Å². The number of nitrogen functional groups attached to an aromatic ring is 1. The summed E-state index contributed by atoms with van der Waals surface area (Å²) in [7, 11) is -3.10. The van der Waals surface area contributed by atoms with E-state index in [9.17, 15) is 24.8 Å². The van der Waals surface area contributed by atoms with Crippen LogP contribution in [0.1, 0.15) is 38.0 Å². The van der Waals surface area contributed by atoms with Gasteiger partial charge in [-0.25, -0.2) is 14.5 Å². The van der Waals surface area contributed by atoms with Crippen molar-refractivity contribution >= 4 is 42.2 Å². The fourth-order valence-electron chi connectivity index (χ4n) is 4.99. The first-order chi connectivity index (χ1) is 19.4. The summed E-state index contributed by atoms with van der Waals surface area (Å²) in [5.74, 6) is -0.422. The number of esters is 1. The van der Waals surface area contributed by atoms with E-state index in [1.165, 1.54) is 55.4 Å². The predicted octanol–water partition coefficient (Wildman–Crippen LogP) is 2.44. The minimum absolute atomic E-state index is 0.0604. The summed E-state index contributed by atoms with van der Waals surface area (Å²) in [5, 5.41) is 35.3. The topological polar surface area (TPSA) is 204 Å². The van der Waals surface area contributed by atoms with Gasteiger partial charge < -0.3 is 34.5 Å². The van der Waals surface area contributed by atoms with E-state index in [2.05, 4.69) is 15.1 Å². The summed E-state index contributed by atoms with van der Waals surface area (Å²) in [6.45, 7) is 0.817. The predicted molar refractivity (Wildman–Crippen MR) is 145 cm³/mol. The monoisotopic (exact) mass is 606 g/mol.